The van der Waals surface area contributed by atoms with Gasteiger partial charge in [0.1, 0.15) is 0 Å². The van der Waals surface area contributed by atoms with Crippen molar-refractivity contribution in [1.29, 1.82) is 0 Å². The molecule has 1 rings (SSSR count). The van der Waals surface area contributed by atoms with Crippen molar-refractivity contribution in [2.24, 2.45) is 0 Å². The van der Waals surface area contributed by atoms with Crippen LogP contribution in [0.5, 0.6) is 0 Å². The number of carbonyl (C=O) groups is 1. The van der Waals surface area contributed by atoms with Crippen molar-refractivity contribution < 1.29 is 13.7 Å². The summed E-state index contributed by atoms with van der Waals surface area (Å²) in [5, 5.41) is -0.257. The monoisotopic (exact) mass is 318 g/mol. The first kappa shape index (κ1) is 14.4. The van der Waals surface area contributed by atoms with Crippen molar-refractivity contribution in [2.75, 3.05) is 6.61 Å². The molecule has 3 nitrogen and oxygen atoms in total. The lowest BCUT2D eigenvalue weighted by Gasteiger charge is -2.11. The number of ether oxygens (including phenoxy) is 1. The largest absolute Gasteiger partial charge is 0.466 e. The van der Waals surface area contributed by atoms with Gasteiger partial charge in [-0.05, 0) is 41.9 Å². The zero-order valence-corrected chi connectivity index (χ0v) is 12.2. The quantitative estimate of drug-likeness (QED) is 0.784. The Morgan fingerprint density at radius 1 is 1.47 bits per heavy atom. The molecule has 1 aromatic rings. The maximum absolute atomic E-state index is 12.2. The lowest BCUT2D eigenvalue weighted by atomic mass is 10.3. The summed E-state index contributed by atoms with van der Waals surface area (Å²) in [5.74, 6) is -0.305. The van der Waals surface area contributed by atoms with Crippen LogP contribution < -0.4 is 0 Å². The van der Waals surface area contributed by atoms with Crippen LogP contribution in [0.1, 0.15) is 20.3 Å². The van der Waals surface area contributed by atoms with E-state index in [-0.39, 0.29) is 17.6 Å². The van der Waals surface area contributed by atoms with Gasteiger partial charge in [-0.25, -0.2) is 0 Å². The summed E-state index contributed by atoms with van der Waals surface area (Å²) < 4.78 is 17.8. The molecule has 0 saturated heterocycles. The van der Waals surface area contributed by atoms with Crippen molar-refractivity contribution in [2.45, 2.75) is 30.4 Å². The van der Waals surface area contributed by atoms with Gasteiger partial charge in [0.15, 0.2) is 0 Å². The first-order valence-electron chi connectivity index (χ1n) is 5.37. The van der Waals surface area contributed by atoms with Crippen LogP contribution in [0.3, 0.4) is 0 Å². The molecule has 0 bridgehead atoms. The molecule has 0 aliphatic heterocycles. The predicted molar refractivity (Wildman–Crippen MR) is 71.3 cm³/mol. The van der Waals surface area contributed by atoms with E-state index in [1.54, 1.807) is 19.9 Å². The first-order valence-corrected chi connectivity index (χ1v) is 7.37. The van der Waals surface area contributed by atoms with E-state index in [0.717, 1.165) is 4.47 Å². The fourth-order valence-electron chi connectivity index (χ4n) is 1.35. The lowest BCUT2D eigenvalue weighted by molar-refractivity contribution is -0.143. The van der Waals surface area contributed by atoms with E-state index in [1.165, 1.54) is 0 Å². The molecule has 1 aromatic carbocycles. The fraction of sp³-hybridized carbons (Fsp3) is 0.417. The Bertz CT molecular complexity index is 420. The first-order chi connectivity index (χ1) is 8.06. The third-order valence-corrected chi connectivity index (χ3v) is 4.82. The highest BCUT2D eigenvalue weighted by Gasteiger charge is 2.19. The highest BCUT2D eigenvalue weighted by Crippen LogP contribution is 2.23. The standard InChI is InChI=1S/C12H15BrO3S/c1-3-16-12(14)8-9(2)17(15)11-7-5-4-6-10(11)13/h4-7,9H,3,8H2,1-2H3. The van der Waals surface area contributed by atoms with E-state index in [1.807, 2.05) is 18.2 Å². The summed E-state index contributed by atoms with van der Waals surface area (Å²) in [6, 6.07) is 7.32. The Balaban J connectivity index is 2.70. The molecule has 0 saturated carbocycles. The van der Waals surface area contributed by atoms with Gasteiger partial charge in [-0.2, -0.15) is 0 Å². The van der Waals surface area contributed by atoms with Crippen LogP contribution in [0.2, 0.25) is 0 Å². The van der Waals surface area contributed by atoms with E-state index in [2.05, 4.69) is 15.9 Å². The summed E-state index contributed by atoms with van der Waals surface area (Å²) in [4.78, 5) is 12.0. The van der Waals surface area contributed by atoms with E-state index in [0.29, 0.717) is 11.5 Å². The van der Waals surface area contributed by atoms with Gasteiger partial charge < -0.3 is 4.74 Å². The van der Waals surface area contributed by atoms with Gasteiger partial charge in [0, 0.05) is 9.72 Å². The van der Waals surface area contributed by atoms with Crippen molar-refractivity contribution in [3.8, 4) is 0 Å². The lowest BCUT2D eigenvalue weighted by Crippen LogP contribution is -2.18. The number of hydrogen-bond donors (Lipinski definition) is 0. The van der Waals surface area contributed by atoms with Gasteiger partial charge in [-0.15, -0.1) is 0 Å². The zero-order chi connectivity index (χ0) is 12.8. The van der Waals surface area contributed by atoms with Crippen LogP contribution in [-0.2, 0) is 20.3 Å². The van der Waals surface area contributed by atoms with Gasteiger partial charge >= 0.3 is 5.97 Å². The smallest absolute Gasteiger partial charge is 0.306 e. The summed E-state index contributed by atoms with van der Waals surface area (Å²) in [6.45, 7) is 3.90. The molecule has 0 heterocycles. The van der Waals surface area contributed by atoms with Crippen LogP contribution in [0.4, 0.5) is 0 Å². The Morgan fingerprint density at radius 2 is 2.12 bits per heavy atom. The molecule has 0 aliphatic carbocycles. The fourth-order valence-corrected chi connectivity index (χ4v) is 3.31. The van der Waals surface area contributed by atoms with E-state index < -0.39 is 10.8 Å². The Labute approximate surface area is 112 Å². The molecule has 2 unspecified atom stereocenters. The molecule has 0 spiro atoms. The van der Waals surface area contributed by atoms with Crippen LogP contribution in [0.15, 0.2) is 33.6 Å². The number of carbonyl (C=O) groups excluding carboxylic acids is 1. The van der Waals surface area contributed by atoms with Gasteiger partial charge in [0.2, 0.25) is 0 Å². The third-order valence-electron chi connectivity index (χ3n) is 2.18. The van der Waals surface area contributed by atoms with Gasteiger partial charge in [-0.1, -0.05) is 12.1 Å². The molecule has 0 aliphatic rings. The van der Waals surface area contributed by atoms with Crippen LogP contribution in [0, 0.1) is 0 Å². The average Bonchev–Trinajstić information content (AvgIpc) is 2.29. The summed E-state index contributed by atoms with van der Waals surface area (Å²) in [6.07, 6.45) is 0.168. The van der Waals surface area contributed by atoms with Crippen molar-refractivity contribution >= 4 is 32.7 Å². The molecule has 2 atom stereocenters. The van der Waals surface area contributed by atoms with E-state index in [4.69, 9.17) is 4.74 Å². The van der Waals surface area contributed by atoms with Crippen molar-refractivity contribution in [3.63, 3.8) is 0 Å². The van der Waals surface area contributed by atoms with E-state index in [9.17, 15) is 9.00 Å². The summed E-state index contributed by atoms with van der Waals surface area (Å²) in [5.41, 5.74) is 0. The van der Waals surface area contributed by atoms with Gasteiger partial charge in [-0.3, -0.25) is 9.00 Å². The topological polar surface area (TPSA) is 43.4 Å². The van der Waals surface area contributed by atoms with E-state index >= 15 is 0 Å². The zero-order valence-electron chi connectivity index (χ0n) is 9.81. The molecule has 0 fully saturated rings. The second-order valence-electron chi connectivity index (χ2n) is 3.55. The molecule has 0 N–H and O–H groups in total. The van der Waals surface area contributed by atoms with Gasteiger partial charge in [0.25, 0.3) is 0 Å². The Morgan fingerprint density at radius 3 is 2.71 bits per heavy atom. The molecule has 94 valence electrons. The maximum Gasteiger partial charge on any atom is 0.306 e. The van der Waals surface area contributed by atoms with Crippen molar-refractivity contribution in [3.05, 3.63) is 28.7 Å². The summed E-state index contributed by atoms with van der Waals surface area (Å²) in [7, 11) is -1.21. The second kappa shape index (κ2) is 6.91. The molecule has 5 heteroatoms. The van der Waals surface area contributed by atoms with Crippen LogP contribution in [0.25, 0.3) is 0 Å². The SMILES string of the molecule is CCOC(=O)CC(C)S(=O)c1ccccc1Br. The molecular formula is C12H15BrO3S. The molecule has 17 heavy (non-hydrogen) atoms. The Kier molecular flexibility index (Phi) is 5.85. The number of halogens is 1. The summed E-state index contributed by atoms with van der Waals surface area (Å²) >= 11 is 3.35. The number of rotatable bonds is 5. The highest BCUT2D eigenvalue weighted by molar-refractivity contribution is 9.10. The molecule has 0 radical (unpaired) electrons. The second-order valence-corrected chi connectivity index (χ2v) is 6.24. The minimum Gasteiger partial charge on any atom is -0.466 e. The molecule has 0 aromatic heterocycles. The Hall–Kier alpha value is -0.680. The minimum atomic E-state index is -1.21. The average molecular weight is 319 g/mol. The van der Waals surface area contributed by atoms with Crippen LogP contribution >= 0.6 is 15.9 Å². The third kappa shape index (κ3) is 4.24. The molecule has 0 amide bonds. The van der Waals surface area contributed by atoms with Crippen LogP contribution in [-0.4, -0.2) is 22.0 Å². The highest BCUT2D eigenvalue weighted by atomic mass is 79.9. The maximum atomic E-state index is 12.2. The number of esters is 1. The molecular weight excluding hydrogens is 304 g/mol. The number of hydrogen-bond acceptors (Lipinski definition) is 3. The predicted octanol–water partition coefficient (Wildman–Crippen LogP) is 2.90. The normalized spacial score (nSPS) is 14.1. The van der Waals surface area contributed by atoms with Gasteiger partial charge in [0.05, 0.1) is 28.7 Å². The minimum absolute atomic E-state index is 0.168. The van der Waals surface area contributed by atoms with Crippen molar-refractivity contribution in [1.82, 2.24) is 0 Å². The number of benzene rings is 1.